The van der Waals surface area contributed by atoms with Crippen LogP contribution in [0.4, 0.5) is 17.1 Å². The number of anilines is 3. The van der Waals surface area contributed by atoms with Crippen LogP contribution < -0.4 is 19.4 Å². The lowest BCUT2D eigenvalue weighted by Gasteiger charge is -2.30. The van der Waals surface area contributed by atoms with Crippen molar-refractivity contribution < 1.29 is 19.7 Å². The van der Waals surface area contributed by atoms with Crippen LogP contribution in [0.25, 0.3) is 0 Å². The molecule has 0 unspecified atom stereocenters. The second-order valence-corrected chi connectivity index (χ2v) is 9.23. The average Bonchev–Trinajstić information content (AvgIpc) is 2.81. The van der Waals surface area contributed by atoms with Crippen LogP contribution in [0, 0.1) is 0 Å². The van der Waals surface area contributed by atoms with Gasteiger partial charge in [-0.05, 0) is 30.7 Å². The molecule has 186 valence electrons. The number of aromatic hydroxyl groups is 1. The molecular weight excluding hydrogens is 442 g/mol. The SMILES string of the molecule is CN(C)c1ccc2c(c1)Oc1cc(N(C)C)ccc1C2CCC(=O)O.CN(C)c1cccc(O)c1. The van der Waals surface area contributed by atoms with Gasteiger partial charge in [0.1, 0.15) is 17.2 Å². The summed E-state index contributed by atoms with van der Waals surface area (Å²) >= 11 is 0. The van der Waals surface area contributed by atoms with Crippen LogP contribution in [0.15, 0.2) is 60.7 Å². The summed E-state index contributed by atoms with van der Waals surface area (Å²) in [6, 6.07) is 19.4. The average molecular weight is 478 g/mol. The van der Waals surface area contributed by atoms with Crippen molar-refractivity contribution >= 4 is 23.0 Å². The van der Waals surface area contributed by atoms with E-state index in [4.69, 9.17) is 14.9 Å². The van der Waals surface area contributed by atoms with Crippen molar-refractivity contribution in [3.63, 3.8) is 0 Å². The zero-order valence-corrected chi connectivity index (χ0v) is 21.3. The first-order chi connectivity index (χ1) is 16.6. The van der Waals surface area contributed by atoms with Gasteiger partial charge >= 0.3 is 5.97 Å². The summed E-state index contributed by atoms with van der Waals surface area (Å²) in [5.74, 6) is 1.19. The third-order valence-corrected chi connectivity index (χ3v) is 5.99. The lowest BCUT2D eigenvalue weighted by atomic mass is 9.84. The normalized spacial score (nSPS) is 11.8. The molecule has 0 atom stereocenters. The standard InChI is InChI=1S/C20H24N2O3.C8H11NO/c1-21(2)13-5-7-16-15(9-10-20(23)24)17-8-6-14(22(3)4)12-19(17)25-18(16)11-13;1-9(2)7-4-3-5-8(10)6-7/h5-8,11-12,15H,9-10H2,1-4H3,(H,23,24);3-6,10H,1-2H3. The smallest absolute Gasteiger partial charge is 0.303 e. The van der Waals surface area contributed by atoms with E-state index < -0.39 is 5.97 Å². The number of nitrogens with zero attached hydrogens (tertiary/aromatic N) is 3. The van der Waals surface area contributed by atoms with Crippen molar-refractivity contribution in [1.29, 1.82) is 0 Å². The molecule has 0 spiro atoms. The summed E-state index contributed by atoms with van der Waals surface area (Å²) in [6.45, 7) is 0. The number of ether oxygens (including phenoxy) is 1. The van der Waals surface area contributed by atoms with Gasteiger partial charge in [-0.3, -0.25) is 4.79 Å². The Morgan fingerprint density at radius 1 is 0.771 bits per heavy atom. The van der Waals surface area contributed by atoms with Crippen molar-refractivity contribution in [2.24, 2.45) is 0 Å². The van der Waals surface area contributed by atoms with Crippen LogP contribution in [-0.4, -0.2) is 58.5 Å². The molecule has 0 aromatic heterocycles. The molecule has 0 aliphatic carbocycles. The van der Waals surface area contributed by atoms with Crippen LogP contribution in [0.1, 0.15) is 29.9 Å². The molecule has 35 heavy (non-hydrogen) atoms. The number of fused-ring (bicyclic) bond motifs is 2. The van der Waals surface area contributed by atoms with Gasteiger partial charge in [-0.15, -0.1) is 0 Å². The molecule has 1 aliphatic heterocycles. The lowest BCUT2D eigenvalue weighted by molar-refractivity contribution is -0.137. The van der Waals surface area contributed by atoms with Crippen molar-refractivity contribution in [1.82, 2.24) is 0 Å². The van der Waals surface area contributed by atoms with Gasteiger partial charge in [-0.2, -0.15) is 0 Å². The predicted octanol–water partition coefficient (Wildman–Crippen LogP) is 5.38. The topological polar surface area (TPSA) is 76.5 Å². The van der Waals surface area contributed by atoms with Crippen molar-refractivity contribution in [3.05, 3.63) is 71.8 Å². The second kappa shape index (κ2) is 11.0. The Morgan fingerprint density at radius 2 is 1.26 bits per heavy atom. The maximum absolute atomic E-state index is 11.1. The number of benzene rings is 3. The maximum atomic E-state index is 11.1. The molecule has 2 N–H and O–H groups in total. The quantitative estimate of drug-likeness (QED) is 0.494. The Hall–Kier alpha value is -3.87. The molecule has 0 amide bonds. The van der Waals surface area contributed by atoms with E-state index >= 15 is 0 Å². The third-order valence-electron chi connectivity index (χ3n) is 5.99. The first-order valence-electron chi connectivity index (χ1n) is 11.6. The first kappa shape index (κ1) is 25.7. The molecule has 7 heteroatoms. The van der Waals surface area contributed by atoms with Crippen LogP contribution in [0.5, 0.6) is 17.2 Å². The maximum Gasteiger partial charge on any atom is 0.303 e. The predicted molar refractivity (Wildman–Crippen MR) is 143 cm³/mol. The van der Waals surface area contributed by atoms with E-state index in [1.165, 1.54) is 0 Å². The molecule has 3 aromatic rings. The Labute approximate surface area is 207 Å². The molecule has 1 aliphatic rings. The highest BCUT2D eigenvalue weighted by Crippen LogP contribution is 2.48. The minimum atomic E-state index is -0.774. The molecule has 0 radical (unpaired) electrons. The summed E-state index contributed by atoms with van der Waals surface area (Å²) in [5, 5.41) is 18.2. The van der Waals surface area contributed by atoms with E-state index in [0.717, 1.165) is 39.7 Å². The number of carboxylic acids is 1. The number of hydrogen-bond acceptors (Lipinski definition) is 6. The third kappa shape index (κ3) is 6.38. The van der Waals surface area contributed by atoms with Crippen LogP contribution in [0.2, 0.25) is 0 Å². The highest BCUT2D eigenvalue weighted by molar-refractivity contribution is 5.68. The van der Waals surface area contributed by atoms with Crippen LogP contribution in [0.3, 0.4) is 0 Å². The van der Waals surface area contributed by atoms with Gasteiger partial charge in [-0.25, -0.2) is 0 Å². The Bertz CT molecular complexity index is 1120. The van der Waals surface area contributed by atoms with E-state index in [1.807, 2.05) is 81.3 Å². The van der Waals surface area contributed by atoms with E-state index in [-0.39, 0.29) is 12.3 Å². The van der Waals surface area contributed by atoms with Crippen molar-refractivity contribution in [3.8, 4) is 17.2 Å². The fourth-order valence-corrected chi connectivity index (χ4v) is 3.99. The fourth-order valence-electron chi connectivity index (χ4n) is 3.99. The zero-order valence-electron chi connectivity index (χ0n) is 21.3. The molecule has 0 fully saturated rings. The largest absolute Gasteiger partial charge is 0.508 e. The summed E-state index contributed by atoms with van der Waals surface area (Å²) in [6.07, 6.45) is 0.690. The molecule has 0 saturated heterocycles. The molecule has 4 rings (SSSR count). The highest BCUT2D eigenvalue weighted by atomic mass is 16.5. The van der Waals surface area contributed by atoms with Gasteiger partial charge in [0.25, 0.3) is 0 Å². The van der Waals surface area contributed by atoms with Crippen molar-refractivity contribution in [2.45, 2.75) is 18.8 Å². The number of aliphatic carboxylic acids is 1. The molecule has 7 nitrogen and oxygen atoms in total. The molecule has 0 saturated carbocycles. The van der Waals surface area contributed by atoms with Gasteiger partial charge in [0.15, 0.2) is 0 Å². The number of carboxylic acid groups (broad SMARTS) is 1. The minimum absolute atomic E-state index is 0.0299. The van der Waals surface area contributed by atoms with Gasteiger partial charge in [0.2, 0.25) is 0 Å². The number of hydrogen-bond donors (Lipinski definition) is 2. The fraction of sp³-hybridized carbons (Fsp3) is 0.321. The number of carbonyl (C=O) groups is 1. The summed E-state index contributed by atoms with van der Waals surface area (Å²) in [7, 11) is 11.8. The Balaban J connectivity index is 0.000000287. The van der Waals surface area contributed by atoms with Crippen LogP contribution in [-0.2, 0) is 4.79 Å². The van der Waals surface area contributed by atoms with Crippen molar-refractivity contribution in [2.75, 3.05) is 57.0 Å². The van der Waals surface area contributed by atoms with Gasteiger partial charge in [0.05, 0.1) is 0 Å². The minimum Gasteiger partial charge on any atom is -0.508 e. The van der Waals surface area contributed by atoms with Gasteiger partial charge in [0, 0.05) is 101 Å². The van der Waals surface area contributed by atoms with E-state index in [0.29, 0.717) is 12.2 Å². The number of phenols is 1. The monoisotopic (exact) mass is 477 g/mol. The van der Waals surface area contributed by atoms with E-state index in [9.17, 15) is 4.79 Å². The molecule has 0 bridgehead atoms. The van der Waals surface area contributed by atoms with E-state index in [2.05, 4.69) is 24.3 Å². The summed E-state index contributed by atoms with van der Waals surface area (Å²) < 4.78 is 6.20. The summed E-state index contributed by atoms with van der Waals surface area (Å²) in [5.41, 5.74) is 5.24. The molecular formula is C28H35N3O4. The van der Waals surface area contributed by atoms with Crippen LogP contribution >= 0.6 is 0 Å². The first-order valence-corrected chi connectivity index (χ1v) is 11.6. The van der Waals surface area contributed by atoms with E-state index in [1.54, 1.807) is 12.1 Å². The van der Waals surface area contributed by atoms with Gasteiger partial charge < -0.3 is 29.6 Å². The Morgan fingerprint density at radius 3 is 1.66 bits per heavy atom. The molecule has 3 aromatic carbocycles. The Kier molecular flexibility index (Phi) is 8.12. The number of phenolic OH excluding ortho intramolecular Hbond substituents is 1. The number of rotatable bonds is 6. The highest BCUT2D eigenvalue weighted by Gasteiger charge is 2.28. The van der Waals surface area contributed by atoms with Gasteiger partial charge in [-0.1, -0.05) is 18.2 Å². The molecule has 1 heterocycles. The summed E-state index contributed by atoms with van der Waals surface area (Å²) in [4.78, 5) is 17.1. The zero-order chi connectivity index (χ0) is 25.7. The lowest BCUT2D eigenvalue weighted by Crippen LogP contribution is -2.15. The second-order valence-electron chi connectivity index (χ2n) is 9.23.